The maximum atomic E-state index is 12.4. The first kappa shape index (κ1) is 17.6. The molecule has 0 radical (unpaired) electrons. The number of anilines is 1. The fourth-order valence-electron chi connectivity index (χ4n) is 2.52. The Hall–Kier alpha value is -3.19. The highest BCUT2D eigenvalue weighted by Gasteiger charge is 2.20. The summed E-state index contributed by atoms with van der Waals surface area (Å²) in [6.07, 6.45) is 2.94. The minimum Gasteiger partial charge on any atom is -0.467 e. The number of hydrogen-bond acceptors (Lipinski definition) is 7. The summed E-state index contributed by atoms with van der Waals surface area (Å²) in [4.78, 5) is 12.4. The third-order valence-electron chi connectivity index (χ3n) is 3.97. The van der Waals surface area contributed by atoms with Crippen molar-refractivity contribution in [3.8, 4) is 6.07 Å². The van der Waals surface area contributed by atoms with Gasteiger partial charge in [-0.1, -0.05) is 11.8 Å². The van der Waals surface area contributed by atoms with Crippen LogP contribution in [0.5, 0.6) is 0 Å². The zero-order chi connectivity index (χ0) is 18.7. The van der Waals surface area contributed by atoms with Crippen LogP contribution in [0.25, 0.3) is 0 Å². The standard InChI is InChI=1S/C16H17N7O2S/c1-10-11(2)22(7-12-4-3-5-25-12)15(13(10)6-17)20-14(24)8-26-16-21-19-9-23(16)18/h3-5,9H,7-8,18H2,1-2H3,(H,20,24). The van der Waals surface area contributed by atoms with Gasteiger partial charge in [0, 0.05) is 5.69 Å². The number of hydrogen-bond donors (Lipinski definition) is 2. The minimum absolute atomic E-state index is 0.0881. The molecule has 0 aliphatic rings. The normalized spacial score (nSPS) is 10.7. The lowest BCUT2D eigenvalue weighted by Crippen LogP contribution is -2.19. The first-order chi connectivity index (χ1) is 12.5. The Kier molecular flexibility index (Phi) is 4.99. The predicted molar refractivity (Wildman–Crippen MR) is 96.0 cm³/mol. The molecule has 0 aliphatic carbocycles. The SMILES string of the molecule is Cc1c(C#N)c(NC(=O)CSc2nncn2N)n(Cc2ccco2)c1C. The number of carbonyl (C=O) groups excluding carboxylic acids is 1. The maximum Gasteiger partial charge on any atom is 0.235 e. The van der Waals surface area contributed by atoms with Gasteiger partial charge in [0.2, 0.25) is 11.1 Å². The van der Waals surface area contributed by atoms with Crippen LogP contribution in [0, 0.1) is 25.2 Å². The van der Waals surface area contributed by atoms with Crippen LogP contribution in [0.3, 0.4) is 0 Å². The minimum atomic E-state index is -0.271. The molecule has 134 valence electrons. The number of nitrogens with zero attached hydrogens (tertiary/aromatic N) is 5. The van der Waals surface area contributed by atoms with Gasteiger partial charge >= 0.3 is 0 Å². The first-order valence-electron chi connectivity index (χ1n) is 7.71. The highest BCUT2D eigenvalue weighted by atomic mass is 32.2. The van der Waals surface area contributed by atoms with E-state index in [0.717, 1.165) is 28.8 Å². The van der Waals surface area contributed by atoms with Crippen LogP contribution in [0.15, 0.2) is 34.3 Å². The van der Waals surface area contributed by atoms with Crippen molar-refractivity contribution in [2.24, 2.45) is 0 Å². The van der Waals surface area contributed by atoms with Crippen LogP contribution in [0.2, 0.25) is 0 Å². The Morgan fingerprint density at radius 2 is 2.31 bits per heavy atom. The molecule has 3 heterocycles. The molecule has 9 nitrogen and oxygen atoms in total. The summed E-state index contributed by atoms with van der Waals surface area (Å²) in [5, 5.41) is 20.2. The number of nitrogens with one attached hydrogen (secondary N) is 1. The average molecular weight is 371 g/mol. The fourth-order valence-corrected chi connectivity index (χ4v) is 3.15. The van der Waals surface area contributed by atoms with Gasteiger partial charge in [0.05, 0.1) is 24.1 Å². The highest BCUT2D eigenvalue weighted by molar-refractivity contribution is 7.99. The number of amides is 1. The smallest absolute Gasteiger partial charge is 0.235 e. The summed E-state index contributed by atoms with van der Waals surface area (Å²) < 4.78 is 8.50. The first-order valence-corrected chi connectivity index (χ1v) is 8.69. The molecule has 0 unspecified atom stereocenters. The van der Waals surface area contributed by atoms with E-state index in [1.807, 2.05) is 24.5 Å². The molecular formula is C16H17N7O2S. The number of aromatic nitrogens is 4. The third-order valence-corrected chi connectivity index (χ3v) is 4.92. The molecule has 0 atom stereocenters. The molecule has 0 spiro atoms. The van der Waals surface area contributed by atoms with Crippen molar-refractivity contribution in [2.45, 2.75) is 25.5 Å². The molecular weight excluding hydrogens is 354 g/mol. The van der Waals surface area contributed by atoms with Crippen LogP contribution in [-0.4, -0.2) is 31.1 Å². The molecule has 3 aromatic heterocycles. The fraction of sp³-hybridized carbons (Fsp3) is 0.250. The summed E-state index contributed by atoms with van der Waals surface area (Å²) in [5.74, 6) is 6.63. The number of rotatable bonds is 6. The summed E-state index contributed by atoms with van der Waals surface area (Å²) in [5.41, 5.74) is 2.15. The topological polar surface area (TPSA) is 128 Å². The molecule has 0 aliphatic heterocycles. The Labute approximate surface area is 153 Å². The van der Waals surface area contributed by atoms with Crippen LogP contribution in [0.4, 0.5) is 5.82 Å². The quantitative estimate of drug-likeness (QED) is 0.498. The Balaban J connectivity index is 1.81. The second kappa shape index (κ2) is 7.37. The van der Waals surface area contributed by atoms with E-state index in [4.69, 9.17) is 10.3 Å². The lowest BCUT2D eigenvalue weighted by Gasteiger charge is -2.11. The zero-order valence-electron chi connectivity index (χ0n) is 14.3. The maximum absolute atomic E-state index is 12.4. The molecule has 3 aromatic rings. The Morgan fingerprint density at radius 1 is 1.50 bits per heavy atom. The molecule has 0 aromatic carbocycles. The van der Waals surface area contributed by atoms with Crippen molar-refractivity contribution < 1.29 is 9.21 Å². The van der Waals surface area contributed by atoms with Crippen molar-refractivity contribution >= 4 is 23.5 Å². The molecule has 3 N–H and O–H groups in total. The molecule has 0 bridgehead atoms. The average Bonchev–Trinajstić information content (AvgIpc) is 3.32. The molecule has 0 saturated carbocycles. The van der Waals surface area contributed by atoms with E-state index >= 15 is 0 Å². The lowest BCUT2D eigenvalue weighted by atomic mass is 10.2. The van der Waals surface area contributed by atoms with E-state index in [9.17, 15) is 10.1 Å². The van der Waals surface area contributed by atoms with E-state index in [1.54, 1.807) is 12.3 Å². The van der Waals surface area contributed by atoms with Crippen LogP contribution in [0.1, 0.15) is 22.6 Å². The molecule has 0 saturated heterocycles. The van der Waals surface area contributed by atoms with Crippen molar-refractivity contribution in [3.05, 3.63) is 47.3 Å². The van der Waals surface area contributed by atoms with Gasteiger partial charge in [0.25, 0.3) is 0 Å². The number of carbonyl (C=O) groups is 1. The van der Waals surface area contributed by atoms with E-state index in [1.165, 1.54) is 11.0 Å². The summed E-state index contributed by atoms with van der Waals surface area (Å²) >= 11 is 1.16. The Bertz CT molecular complexity index is 966. The van der Waals surface area contributed by atoms with Crippen molar-refractivity contribution in [1.29, 1.82) is 5.26 Å². The summed E-state index contributed by atoms with van der Waals surface area (Å²) in [6.45, 7) is 4.18. The van der Waals surface area contributed by atoms with Gasteiger partial charge in [-0.05, 0) is 31.5 Å². The Morgan fingerprint density at radius 3 is 2.92 bits per heavy atom. The predicted octanol–water partition coefficient (Wildman–Crippen LogP) is 1.65. The number of thioether (sulfide) groups is 1. The van der Waals surface area contributed by atoms with Gasteiger partial charge in [-0.2, -0.15) is 5.26 Å². The van der Waals surface area contributed by atoms with Gasteiger partial charge in [-0.3, -0.25) is 4.79 Å². The van der Waals surface area contributed by atoms with Crippen LogP contribution < -0.4 is 11.2 Å². The second-order valence-electron chi connectivity index (χ2n) is 5.57. The highest BCUT2D eigenvalue weighted by Crippen LogP contribution is 2.27. The van der Waals surface area contributed by atoms with Gasteiger partial charge in [-0.25, -0.2) is 4.68 Å². The van der Waals surface area contributed by atoms with Gasteiger partial charge < -0.3 is 20.1 Å². The number of nitrogens with two attached hydrogens (primary N) is 1. The third kappa shape index (κ3) is 3.43. The zero-order valence-corrected chi connectivity index (χ0v) is 15.1. The molecule has 0 fully saturated rings. The second-order valence-corrected chi connectivity index (χ2v) is 6.51. The largest absolute Gasteiger partial charge is 0.467 e. The molecule has 26 heavy (non-hydrogen) atoms. The summed E-state index contributed by atoms with van der Waals surface area (Å²) in [7, 11) is 0. The van der Waals surface area contributed by atoms with Crippen molar-refractivity contribution in [1.82, 2.24) is 19.4 Å². The van der Waals surface area contributed by atoms with E-state index in [0.29, 0.717) is 23.1 Å². The van der Waals surface area contributed by atoms with Gasteiger partial charge in [-0.15, -0.1) is 10.2 Å². The number of nitrogen functional groups attached to an aromatic ring is 1. The lowest BCUT2D eigenvalue weighted by molar-refractivity contribution is -0.113. The molecule has 10 heteroatoms. The van der Waals surface area contributed by atoms with Gasteiger partial charge in [0.15, 0.2) is 0 Å². The van der Waals surface area contributed by atoms with Crippen LogP contribution in [-0.2, 0) is 11.3 Å². The van der Waals surface area contributed by atoms with E-state index in [-0.39, 0.29) is 11.7 Å². The van der Waals surface area contributed by atoms with E-state index < -0.39 is 0 Å². The van der Waals surface area contributed by atoms with Crippen molar-refractivity contribution in [2.75, 3.05) is 16.9 Å². The van der Waals surface area contributed by atoms with Crippen molar-refractivity contribution in [3.63, 3.8) is 0 Å². The van der Waals surface area contributed by atoms with E-state index in [2.05, 4.69) is 21.6 Å². The van der Waals surface area contributed by atoms with Crippen LogP contribution >= 0.6 is 11.8 Å². The molecule has 1 amide bonds. The molecule has 3 rings (SSSR count). The number of nitriles is 1. The summed E-state index contributed by atoms with van der Waals surface area (Å²) in [6, 6.07) is 5.81. The monoisotopic (exact) mass is 371 g/mol. The van der Waals surface area contributed by atoms with Gasteiger partial charge in [0.1, 0.15) is 24.0 Å². The number of furan rings is 1.